The van der Waals surface area contributed by atoms with Crippen molar-refractivity contribution >= 4 is 5.91 Å². The van der Waals surface area contributed by atoms with Gasteiger partial charge < -0.3 is 89.9 Å². The molecule has 3 saturated heterocycles. The lowest BCUT2D eigenvalue weighted by Gasteiger charge is -2.48. The van der Waals surface area contributed by atoms with Crippen molar-refractivity contribution in [1.82, 2.24) is 5.32 Å². The third-order valence-corrected chi connectivity index (χ3v) is 17.4. The molecule has 3 heterocycles. The predicted octanol–water partition coefficient (Wildman–Crippen LogP) is 8.83. The third-order valence-electron chi connectivity index (χ3n) is 17.4. The van der Waals surface area contributed by atoms with Crippen LogP contribution < -0.4 is 5.32 Å². The van der Waals surface area contributed by atoms with Crippen LogP contribution in [0.25, 0.3) is 0 Å². The molecule has 0 radical (unpaired) electrons. The average molecular weight is 1240 g/mol. The Morgan fingerprint density at radius 1 is 0.402 bits per heavy atom. The highest BCUT2D eigenvalue weighted by Crippen LogP contribution is 2.33. The zero-order valence-corrected chi connectivity index (χ0v) is 53.8. The summed E-state index contributed by atoms with van der Waals surface area (Å²) in [4.78, 5) is 13.4. The zero-order chi connectivity index (χ0) is 63.3. The van der Waals surface area contributed by atoms with Gasteiger partial charge in [-0.05, 0) is 57.8 Å². The zero-order valence-electron chi connectivity index (χ0n) is 53.8. The van der Waals surface area contributed by atoms with Gasteiger partial charge in [-0.1, -0.05) is 230 Å². The number of hydrogen-bond acceptors (Lipinski definition) is 18. The largest absolute Gasteiger partial charge is 0.394 e. The molecule has 17 atom stereocenters. The number of aliphatic hydroxyl groups is 11. The number of amides is 1. The maximum absolute atomic E-state index is 13.4. The number of hydrogen-bond donors (Lipinski definition) is 12. The van der Waals surface area contributed by atoms with Gasteiger partial charge in [0.1, 0.15) is 73.2 Å². The van der Waals surface area contributed by atoms with E-state index in [9.17, 15) is 61.0 Å². The normalized spacial score (nSPS) is 28.8. The highest BCUT2D eigenvalue weighted by molar-refractivity contribution is 5.76. The standard InChI is InChI=1S/C68H125NO18/c1-3-5-7-9-11-13-15-17-19-21-23-25-27-29-31-33-35-37-39-41-43-45-52(73)51(69-56(74)46-44-42-40-38-36-34-32-30-28-26-24-22-20-18-16-14-12-10-8-6-4-2)50-82-66-62(80)59(77)64(54(48-71)84-66)87-68-63(81)60(78)65(55(49-72)85-68)86-67-61(79)58(76)57(75)53(47-70)83-67/h22,24,35,37,43,45,51-55,57-68,70-73,75-81H,3-21,23,25-34,36,38-42,44,46-50H2,1-2H3,(H,69,74)/b24-22-,37-35+,45-43+. The SMILES string of the molecule is CCCCCCCCCC/C=C\CCCCCCCCCCCC(=O)NC(COC1OC(CO)C(OC2OC(CO)C(OC3OC(CO)C(O)C(O)C3O)C(O)C2O)C(O)C1O)C(O)/C=C/CC/C=C/CCCCCCCCCCCCCCCCC. The smallest absolute Gasteiger partial charge is 0.220 e. The fourth-order valence-corrected chi connectivity index (χ4v) is 11.7. The summed E-state index contributed by atoms with van der Waals surface area (Å²) >= 11 is 0. The third kappa shape index (κ3) is 32.9. The molecular weight excluding hydrogens is 1120 g/mol. The minimum atomic E-state index is -1.98. The van der Waals surface area contributed by atoms with Crippen molar-refractivity contribution in [3.8, 4) is 0 Å². The number of unbranched alkanes of at least 4 members (excludes halogenated alkanes) is 33. The molecule has 0 aromatic heterocycles. The summed E-state index contributed by atoms with van der Waals surface area (Å²) in [5.74, 6) is -0.285. The van der Waals surface area contributed by atoms with E-state index in [4.69, 9.17) is 28.4 Å². The molecule has 3 fully saturated rings. The van der Waals surface area contributed by atoms with Gasteiger partial charge in [0.25, 0.3) is 0 Å². The molecule has 12 N–H and O–H groups in total. The van der Waals surface area contributed by atoms with Gasteiger partial charge in [-0.15, -0.1) is 0 Å². The average Bonchev–Trinajstić information content (AvgIpc) is 2.40. The van der Waals surface area contributed by atoms with Crippen LogP contribution in [-0.4, -0.2) is 193 Å². The van der Waals surface area contributed by atoms with Crippen LogP contribution in [0.15, 0.2) is 36.5 Å². The maximum atomic E-state index is 13.4. The van der Waals surface area contributed by atoms with Crippen molar-refractivity contribution in [3.05, 3.63) is 36.5 Å². The van der Waals surface area contributed by atoms with Crippen LogP contribution in [0.4, 0.5) is 0 Å². The van der Waals surface area contributed by atoms with Gasteiger partial charge >= 0.3 is 0 Å². The fraction of sp³-hybridized carbons (Fsp3) is 0.897. The number of nitrogens with one attached hydrogen (secondary N) is 1. The predicted molar refractivity (Wildman–Crippen MR) is 337 cm³/mol. The second kappa shape index (κ2) is 50.6. The number of ether oxygens (including phenoxy) is 6. The molecule has 0 saturated carbocycles. The Morgan fingerprint density at radius 2 is 0.736 bits per heavy atom. The summed E-state index contributed by atoms with van der Waals surface area (Å²) in [7, 11) is 0. The molecule has 3 aliphatic heterocycles. The van der Waals surface area contributed by atoms with E-state index in [-0.39, 0.29) is 18.9 Å². The van der Waals surface area contributed by atoms with Crippen LogP contribution in [0.1, 0.15) is 258 Å². The molecule has 87 heavy (non-hydrogen) atoms. The molecule has 19 nitrogen and oxygen atoms in total. The molecule has 510 valence electrons. The van der Waals surface area contributed by atoms with E-state index in [2.05, 4.69) is 43.5 Å². The van der Waals surface area contributed by atoms with Crippen LogP contribution in [0.3, 0.4) is 0 Å². The molecule has 0 aliphatic carbocycles. The first-order chi connectivity index (χ1) is 42.3. The van der Waals surface area contributed by atoms with E-state index in [0.29, 0.717) is 12.8 Å². The van der Waals surface area contributed by atoms with Gasteiger partial charge in [0.15, 0.2) is 18.9 Å². The van der Waals surface area contributed by atoms with Gasteiger partial charge in [0, 0.05) is 6.42 Å². The Kier molecular flexibility index (Phi) is 46.0. The fourth-order valence-electron chi connectivity index (χ4n) is 11.7. The van der Waals surface area contributed by atoms with E-state index in [1.54, 1.807) is 6.08 Å². The van der Waals surface area contributed by atoms with Gasteiger partial charge in [-0.2, -0.15) is 0 Å². The lowest BCUT2D eigenvalue weighted by atomic mass is 9.96. The van der Waals surface area contributed by atoms with Crippen molar-refractivity contribution in [2.75, 3.05) is 26.4 Å². The van der Waals surface area contributed by atoms with E-state index >= 15 is 0 Å². The van der Waals surface area contributed by atoms with E-state index in [1.807, 2.05) is 6.08 Å². The molecule has 17 unspecified atom stereocenters. The van der Waals surface area contributed by atoms with Crippen molar-refractivity contribution in [3.63, 3.8) is 0 Å². The van der Waals surface area contributed by atoms with Gasteiger partial charge in [-0.3, -0.25) is 4.79 Å². The molecule has 0 spiro atoms. The Labute approximate surface area is 523 Å². The molecule has 1 amide bonds. The number of carbonyl (C=O) groups excluding carboxylic acids is 1. The second-order valence-corrected chi connectivity index (χ2v) is 25.0. The van der Waals surface area contributed by atoms with Crippen LogP contribution >= 0.6 is 0 Å². The molecule has 0 aromatic carbocycles. The second-order valence-electron chi connectivity index (χ2n) is 25.0. The first-order valence-electron chi connectivity index (χ1n) is 34.7. The lowest BCUT2D eigenvalue weighted by Crippen LogP contribution is -2.66. The van der Waals surface area contributed by atoms with Crippen molar-refractivity contribution in [2.45, 2.75) is 362 Å². The maximum Gasteiger partial charge on any atom is 0.220 e. The lowest BCUT2D eigenvalue weighted by molar-refractivity contribution is -0.379. The summed E-state index contributed by atoms with van der Waals surface area (Å²) in [6, 6.07) is -0.991. The van der Waals surface area contributed by atoms with Crippen molar-refractivity contribution < 1.29 is 89.4 Å². The number of rotatable bonds is 53. The molecule has 0 bridgehead atoms. The van der Waals surface area contributed by atoms with Crippen LogP contribution in [0.5, 0.6) is 0 Å². The monoisotopic (exact) mass is 1240 g/mol. The Morgan fingerprint density at radius 3 is 1.15 bits per heavy atom. The summed E-state index contributed by atoms with van der Waals surface area (Å²) in [5, 5.41) is 120. The summed E-state index contributed by atoms with van der Waals surface area (Å²) < 4.78 is 34.3. The first-order valence-corrected chi connectivity index (χ1v) is 34.7. The quantitative estimate of drug-likeness (QED) is 0.0200. The molecule has 3 aliphatic rings. The highest BCUT2D eigenvalue weighted by Gasteiger charge is 2.53. The number of allylic oxidation sites excluding steroid dienone is 5. The molecular formula is C68H125NO18. The van der Waals surface area contributed by atoms with Crippen LogP contribution in [0.2, 0.25) is 0 Å². The Bertz CT molecular complexity index is 1720. The minimum Gasteiger partial charge on any atom is -0.394 e. The van der Waals surface area contributed by atoms with E-state index in [0.717, 1.165) is 51.4 Å². The van der Waals surface area contributed by atoms with Crippen molar-refractivity contribution in [1.29, 1.82) is 0 Å². The number of carbonyl (C=O) groups is 1. The Balaban J connectivity index is 1.46. The van der Waals surface area contributed by atoms with E-state index in [1.165, 1.54) is 173 Å². The molecule has 3 rings (SSSR count). The van der Waals surface area contributed by atoms with Gasteiger partial charge in [0.05, 0.1) is 38.6 Å². The molecule has 19 heteroatoms. The first kappa shape index (κ1) is 79.2. The van der Waals surface area contributed by atoms with Gasteiger partial charge in [-0.25, -0.2) is 0 Å². The topological polar surface area (TPSA) is 307 Å². The molecule has 0 aromatic rings. The van der Waals surface area contributed by atoms with Crippen LogP contribution in [0, 0.1) is 0 Å². The summed E-state index contributed by atoms with van der Waals surface area (Å²) in [5.41, 5.74) is 0. The number of aliphatic hydroxyl groups excluding tert-OH is 11. The highest BCUT2D eigenvalue weighted by atomic mass is 16.8. The van der Waals surface area contributed by atoms with Gasteiger partial charge in [0.2, 0.25) is 5.91 Å². The Hall–Kier alpha value is -1.99. The summed E-state index contributed by atoms with van der Waals surface area (Å²) in [6.45, 7) is 1.73. The summed E-state index contributed by atoms with van der Waals surface area (Å²) in [6.07, 6.45) is 31.2. The minimum absolute atomic E-state index is 0.234. The van der Waals surface area contributed by atoms with Crippen molar-refractivity contribution in [2.24, 2.45) is 0 Å². The van der Waals surface area contributed by atoms with E-state index < -0.39 is 124 Å². The van der Waals surface area contributed by atoms with Crippen LogP contribution in [-0.2, 0) is 33.2 Å².